The average Bonchev–Trinajstić information content (AvgIpc) is 2.14. The van der Waals surface area contributed by atoms with E-state index in [2.05, 4.69) is 4.98 Å². The zero-order chi connectivity index (χ0) is 11.4. The van der Waals surface area contributed by atoms with Crippen LogP contribution in [0.15, 0.2) is 12.3 Å². The first-order valence-corrected chi connectivity index (χ1v) is 4.59. The van der Waals surface area contributed by atoms with Crippen LogP contribution in [0.3, 0.4) is 0 Å². The van der Waals surface area contributed by atoms with Crippen molar-refractivity contribution in [3.05, 3.63) is 29.3 Å². The molecule has 0 saturated heterocycles. The molecule has 1 rings (SSSR count). The van der Waals surface area contributed by atoms with Gasteiger partial charge in [-0.15, -0.1) is 0 Å². The number of carbonyl (C=O) groups excluding carboxylic acids is 1. The molecule has 0 spiro atoms. The van der Waals surface area contributed by atoms with Gasteiger partial charge in [-0.2, -0.15) is 0 Å². The summed E-state index contributed by atoms with van der Waals surface area (Å²) in [5, 5.41) is 0. The summed E-state index contributed by atoms with van der Waals surface area (Å²) in [6.07, 6.45) is 1.55. The van der Waals surface area contributed by atoms with Gasteiger partial charge in [-0.25, -0.2) is 9.37 Å². The standard InChI is InChI=1S/C10H14FN3O/c1-14(2)4-3-7-5-8(11)6-13-9(7)10(12)15/h5-6H,3-4H2,1-2H3,(H2,12,15). The molecule has 4 nitrogen and oxygen atoms in total. The molecule has 1 amide bonds. The molecule has 0 unspecified atom stereocenters. The molecule has 0 fully saturated rings. The van der Waals surface area contributed by atoms with E-state index in [0.717, 1.165) is 6.20 Å². The van der Waals surface area contributed by atoms with Gasteiger partial charge in [0.25, 0.3) is 5.91 Å². The lowest BCUT2D eigenvalue weighted by atomic mass is 10.1. The van der Waals surface area contributed by atoms with Crippen LogP contribution in [-0.4, -0.2) is 36.4 Å². The number of aromatic nitrogens is 1. The topological polar surface area (TPSA) is 59.2 Å². The van der Waals surface area contributed by atoms with Crippen LogP contribution in [0.25, 0.3) is 0 Å². The van der Waals surface area contributed by atoms with Crippen LogP contribution in [0.4, 0.5) is 4.39 Å². The summed E-state index contributed by atoms with van der Waals surface area (Å²) in [5.41, 5.74) is 5.84. The van der Waals surface area contributed by atoms with Crippen molar-refractivity contribution >= 4 is 5.91 Å². The third-order valence-corrected chi connectivity index (χ3v) is 2.00. The van der Waals surface area contributed by atoms with E-state index in [1.807, 2.05) is 19.0 Å². The number of halogens is 1. The van der Waals surface area contributed by atoms with E-state index >= 15 is 0 Å². The van der Waals surface area contributed by atoms with E-state index in [-0.39, 0.29) is 5.69 Å². The third-order valence-electron chi connectivity index (χ3n) is 2.00. The first kappa shape index (κ1) is 11.6. The second-order valence-corrected chi connectivity index (χ2v) is 3.58. The van der Waals surface area contributed by atoms with E-state index in [0.29, 0.717) is 18.5 Å². The average molecular weight is 211 g/mol. The smallest absolute Gasteiger partial charge is 0.267 e. The van der Waals surface area contributed by atoms with E-state index < -0.39 is 11.7 Å². The van der Waals surface area contributed by atoms with Crippen molar-refractivity contribution in [3.63, 3.8) is 0 Å². The first-order chi connectivity index (χ1) is 7.00. The van der Waals surface area contributed by atoms with Crippen LogP contribution in [0.5, 0.6) is 0 Å². The molecule has 82 valence electrons. The second kappa shape index (κ2) is 4.84. The van der Waals surface area contributed by atoms with Gasteiger partial charge in [0.05, 0.1) is 6.20 Å². The van der Waals surface area contributed by atoms with Gasteiger partial charge >= 0.3 is 0 Å². The van der Waals surface area contributed by atoms with Crippen molar-refractivity contribution in [1.29, 1.82) is 0 Å². The molecule has 0 atom stereocenters. The van der Waals surface area contributed by atoms with Gasteiger partial charge in [0, 0.05) is 6.54 Å². The SMILES string of the molecule is CN(C)CCc1cc(F)cnc1C(N)=O. The third kappa shape index (κ3) is 3.28. The predicted octanol–water partition coefficient (Wildman–Crippen LogP) is 0.424. The number of nitrogens with two attached hydrogens (primary N) is 1. The predicted molar refractivity (Wildman–Crippen MR) is 55.0 cm³/mol. The fourth-order valence-corrected chi connectivity index (χ4v) is 1.24. The largest absolute Gasteiger partial charge is 0.364 e. The van der Waals surface area contributed by atoms with E-state index in [1.165, 1.54) is 6.07 Å². The van der Waals surface area contributed by atoms with Crippen LogP contribution < -0.4 is 5.73 Å². The quantitative estimate of drug-likeness (QED) is 0.785. The zero-order valence-electron chi connectivity index (χ0n) is 8.83. The summed E-state index contributed by atoms with van der Waals surface area (Å²) >= 11 is 0. The molecule has 0 aliphatic heterocycles. The number of carbonyl (C=O) groups is 1. The minimum atomic E-state index is -0.622. The molecule has 15 heavy (non-hydrogen) atoms. The Morgan fingerprint density at radius 2 is 2.27 bits per heavy atom. The molecule has 2 N–H and O–H groups in total. The van der Waals surface area contributed by atoms with E-state index in [9.17, 15) is 9.18 Å². The molecule has 0 radical (unpaired) electrons. The Hall–Kier alpha value is -1.49. The van der Waals surface area contributed by atoms with Gasteiger partial charge in [0.1, 0.15) is 11.5 Å². The maximum atomic E-state index is 12.9. The summed E-state index contributed by atoms with van der Waals surface area (Å²) in [4.78, 5) is 16.6. The number of hydrogen-bond acceptors (Lipinski definition) is 3. The summed E-state index contributed by atoms with van der Waals surface area (Å²) in [6, 6.07) is 1.30. The summed E-state index contributed by atoms with van der Waals surface area (Å²) < 4.78 is 12.9. The lowest BCUT2D eigenvalue weighted by molar-refractivity contribution is 0.0994. The lowest BCUT2D eigenvalue weighted by Crippen LogP contribution is -2.20. The lowest BCUT2D eigenvalue weighted by Gasteiger charge is -2.10. The van der Waals surface area contributed by atoms with Crippen molar-refractivity contribution < 1.29 is 9.18 Å². The van der Waals surface area contributed by atoms with Gasteiger partial charge in [0.15, 0.2) is 0 Å². The minimum Gasteiger partial charge on any atom is -0.364 e. The van der Waals surface area contributed by atoms with Crippen LogP contribution in [0, 0.1) is 5.82 Å². The summed E-state index contributed by atoms with van der Waals surface area (Å²) in [5.74, 6) is -1.07. The molecule has 0 aliphatic carbocycles. The van der Waals surface area contributed by atoms with Crippen LogP contribution >= 0.6 is 0 Å². The number of rotatable bonds is 4. The molecule has 1 heterocycles. The molecule has 0 bridgehead atoms. The van der Waals surface area contributed by atoms with Crippen LogP contribution in [0.2, 0.25) is 0 Å². The van der Waals surface area contributed by atoms with Crippen molar-refractivity contribution in [3.8, 4) is 0 Å². The Balaban J connectivity index is 2.92. The summed E-state index contributed by atoms with van der Waals surface area (Å²) in [6.45, 7) is 0.714. The van der Waals surface area contributed by atoms with Crippen molar-refractivity contribution in [2.45, 2.75) is 6.42 Å². The zero-order valence-corrected chi connectivity index (χ0v) is 8.83. The molecule has 0 saturated carbocycles. The number of amides is 1. The Morgan fingerprint density at radius 3 is 2.80 bits per heavy atom. The Kier molecular flexibility index (Phi) is 3.74. The number of nitrogens with zero attached hydrogens (tertiary/aromatic N) is 2. The van der Waals surface area contributed by atoms with Crippen LogP contribution in [0.1, 0.15) is 16.1 Å². The number of hydrogen-bond donors (Lipinski definition) is 1. The highest BCUT2D eigenvalue weighted by atomic mass is 19.1. The Bertz CT molecular complexity index is 366. The normalized spacial score (nSPS) is 10.7. The van der Waals surface area contributed by atoms with Crippen molar-refractivity contribution in [1.82, 2.24) is 9.88 Å². The first-order valence-electron chi connectivity index (χ1n) is 4.59. The maximum Gasteiger partial charge on any atom is 0.267 e. The molecular formula is C10H14FN3O. The minimum absolute atomic E-state index is 0.151. The highest BCUT2D eigenvalue weighted by Gasteiger charge is 2.10. The van der Waals surface area contributed by atoms with Crippen molar-refractivity contribution in [2.75, 3.05) is 20.6 Å². The monoisotopic (exact) mass is 211 g/mol. The van der Waals surface area contributed by atoms with Gasteiger partial charge in [0.2, 0.25) is 0 Å². The van der Waals surface area contributed by atoms with Gasteiger partial charge in [-0.3, -0.25) is 4.79 Å². The molecule has 1 aromatic heterocycles. The highest BCUT2D eigenvalue weighted by molar-refractivity contribution is 5.92. The Morgan fingerprint density at radius 1 is 1.60 bits per heavy atom. The second-order valence-electron chi connectivity index (χ2n) is 3.58. The van der Waals surface area contributed by atoms with E-state index in [4.69, 9.17) is 5.73 Å². The molecule has 0 aromatic carbocycles. The highest BCUT2D eigenvalue weighted by Crippen LogP contribution is 2.08. The molecule has 0 aliphatic rings. The molecular weight excluding hydrogens is 197 g/mol. The van der Waals surface area contributed by atoms with Gasteiger partial charge in [-0.1, -0.05) is 0 Å². The maximum absolute atomic E-state index is 12.9. The molecule has 5 heteroatoms. The van der Waals surface area contributed by atoms with Crippen molar-refractivity contribution in [2.24, 2.45) is 5.73 Å². The number of primary amides is 1. The Labute approximate surface area is 87.9 Å². The van der Waals surface area contributed by atoms with E-state index in [1.54, 1.807) is 0 Å². The van der Waals surface area contributed by atoms with Gasteiger partial charge in [-0.05, 0) is 32.1 Å². The van der Waals surface area contributed by atoms with Crippen LogP contribution in [-0.2, 0) is 6.42 Å². The summed E-state index contributed by atoms with van der Waals surface area (Å²) in [7, 11) is 3.80. The van der Waals surface area contributed by atoms with Gasteiger partial charge < -0.3 is 10.6 Å². The number of likely N-dealkylation sites (N-methyl/N-ethyl adjacent to an activating group) is 1. The fourth-order valence-electron chi connectivity index (χ4n) is 1.24. The number of pyridine rings is 1. The molecule has 1 aromatic rings. The fraction of sp³-hybridized carbons (Fsp3) is 0.400.